The summed E-state index contributed by atoms with van der Waals surface area (Å²) in [6, 6.07) is 4.97. The third kappa shape index (κ3) is 3.34. The largest absolute Gasteiger partial charge is 0.336 e. The van der Waals surface area contributed by atoms with Crippen molar-refractivity contribution in [2.24, 2.45) is 0 Å². The second-order valence-electron chi connectivity index (χ2n) is 6.88. The van der Waals surface area contributed by atoms with E-state index in [0.29, 0.717) is 11.6 Å². The highest BCUT2D eigenvalue weighted by molar-refractivity contribution is 6.30. The van der Waals surface area contributed by atoms with Crippen molar-refractivity contribution in [2.45, 2.75) is 32.2 Å². The molecule has 4 rings (SSSR count). The highest BCUT2D eigenvalue weighted by Gasteiger charge is 2.25. The molecule has 0 saturated heterocycles. The summed E-state index contributed by atoms with van der Waals surface area (Å²) in [4.78, 5) is 34.1. The van der Waals surface area contributed by atoms with E-state index < -0.39 is 17.2 Å². The van der Waals surface area contributed by atoms with Crippen LogP contribution in [0.15, 0.2) is 40.3 Å². The summed E-state index contributed by atoms with van der Waals surface area (Å²) < 4.78 is 15.7. The van der Waals surface area contributed by atoms with E-state index >= 15 is 0 Å². The number of halogens is 2. The van der Waals surface area contributed by atoms with Gasteiger partial charge in [-0.2, -0.15) is 9.65 Å². The van der Waals surface area contributed by atoms with Crippen LogP contribution < -0.4 is 11.2 Å². The Morgan fingerprint density at radius 3 is 2.69 bits per heavy atom. The van der Waals surface area contributed by atoms with Crippen LogP contribution >= 0.6 is 11.6 Å². The van der Waals surface area contributed by atoms with Crippen molar-refractivity contribution in [1.82, 2.24) is 19.1 Å². The number of nitriles is 1. The van der Waals surface area contributed by atoms with Crippen molar-refractivity contribution in [3.8, 4) is 22.9 Å². The topological polar surface area (TPSA) is 93.6 Å². The smallest absolute Gasteiger partial charge is 0.283 e. The van der Waals surface area contributed by atoms with Crippen molar-refractivity contribution in [3.05, 3.63) is 73.8 Å². The zero-order valence-corrected chi connectivity index (χ0v) is 16.1. The van der Waals surface area contributed by atoms with Gasteiger partial charge in [-0.3, -0.25) is 14.3 Å². The fraction of sp³-hybridized carbons (Fsp3) is 0.250. The molecular weight excluding hydrogens is 397 g/mol. The third-order valence-corrected chi connectivity index (χ3v) is 5.24. The minimum atomic E-state index is -0.861. The van der Waals surface area contributed by atoms with Crippen LogP contribution in [0.5, 0.6) is 0 Å². The van der Waals surface area contributed by atoms with Gasteiger partial charge >= 0.3 is 5.69 Å². The summed E-state index contributed by atoms with van der Waals surface area (Å²) in [7, 11) is 0. The average Bonchev–Trinajstić information content (AvgIpc) is 3.54. The van der Waals surface area contributed by atoms with Gasteiger partial charge in [0.15, 0.2) is 0 Å². The van der Waals surface area contributed by atoms with Crippen molar-refractivity contribution in [3.63, 3.8) is 0 Å². The van der Waals surface area contributed by atoms with E-state index in [2.05, 4.69) is 9.97 Å². The molecule has 0 unspecified atom stereocenters. The van der Waals surface area contributed by atoms with Crippen LogP contribution in [0, 0.1) is 24.2 Å². The molecule has 29 heavy (non-hydrogen) atoms. The molecule has 0 radical (unpaired) electrons. The van der Waals surface area contributed by atoms with Crippen LogP contribution in [0.3, 0.4) is 0 Å². The number of nitrogens with zero attached hydrogens (tertiary/aromatic N) is 5. The van der Waals surface area contributed by atoms with E-state index in [1.165, 1.54) is 23.0 Å². The van der Waals surface area contributed by atoms with Crippen molar-refractivity contribution in [2.75, 3.05) is 0 Å². The molecule has 0 spiro atoms. The SMILES string of the molecule is Cc1c(-c2cnc(F)c(Cl)c2)c(=O)n(-c2cncc(C3CC3)c2)c(=O)n1CC#N. The fourth-order valence-corrected chi connectivity index (χ4v) is 3.50. The predicted octanol–water partition coefficient (Wildman–Crippen LogP) is 2.96. The van der Waals surface area contributed by atoms with Crippen LogP contribution in [0.4, 0.5) is 4.39 Å². The maximum atomic E-state index is 13.5. The Morgan fingerprint density at radius 2 is 2.03 bits per heavy atom. The minimum absolute atomic E-state index is 0.117. The van der Waals surface area contributed by atoms with Crippen LogP contribution in [0.1, 0.15) is 30.0 Å². The van der Waals surface area contributed by atoms with Crippen LogP contribution in [0.25, 0.3) is 16.8 Å². The molecule has 3 aromatic heterocycles. The summed E-state index contributed by atoms with van der Waals surface area (Å²) >= 11 is 5.84. The molecule has 146 valence electrons. The molecular formula is C20H15ClFN5O2. The lowest BCUT2D eigenvalue weighted by Gasteiger charge is -2.16. The third-order valence-electron chi connectivity index (χ3n) is 4.97. The lowest BCUT2D eigenvalue weighted by Crippen LogP contribution is -2.41. The van der Waals surface area contributed by atoms with E-state index in [-0.39, 0.29) is 28.4 Å². The van der Waals surface area contributed by atoms with Crippen molar-refractivity contribution < 1.29 is 4.39 Å². The minimum Gasteiger partial charge on any atom is -0.283 e. The molecule has 7 nitrogen and oxygen atoms in total. The number of hydrogen-bond donors (Lipinski definition) is 0. The second kappa shape index (κ2) is 7.26. The molecule has 9 heteroatoms. The molecule has 1 aliphatic rings. The molecule has 0 N–H and O–H groups in total. The van der Waals surface area contributed by atoms with Crippen LogP contribution in [-0.4, -0.2) is 19.1 Å². The van der Waals surface area contributed by atoms with Gasteiger partial charge in [0.25, 0.3) is 5.56 Å². The van der Waals surface area contributed by atoms with Gasteiger partial charge in [-0.1, -0.05) is 11.6 Å². The van der Waals surface area contributed by atoms with Crippen molar-refractivity contribution >= 4 is 11.6 Å². The van der Waals surface area contributed by atoms with Gasteiger partial charge in [0.1, 0.15) is 6.54 Å². The second-order valence-corrected chi connectivity index (χ2v) is 7.28. The summed E-state index contributed by atoms with van der Waals surface area (Å²) in [5.74, 6) is -0.482. The summed E-state index contributed by atoms with van der Waals surface area (Å²) in [6.07, 6.45) is 6.41. The first-order valence-electron chi connectivity index (χ1n) is 8.92. The standard InChI is InChI=1S/C20H15ClFN5O2/c1-11-17(14-7-16(21)18(22)25-9-14)19(28)27(20(29)26(11)5-4-23)15-6-13(8-24-10-15)12-2-3-12/h6-10,12H,2-3,5H2,1H3. The van der Waals surface area contributed by atoms with Gasteiger partial charge in [-0.05, 0) is 43.4 Å². The molecule has 0 bridgehead atoms. The Labute approximate surface area is 169 Å². The maximum Gasteiger partial charge on any atom is 0.336 e. The summed E-state index contributed by atoms with van der Waals surface area (Å²) in [5, 5.41) is 8.93. The van der Waals surface area contributed by atoms with Gasteiger partial charge in [0, 0.05) is 23.7 Å². The first-order valence-corrected chi connectivity index (χ1v) is 9.30. The summed E-state index contributed by atoms with van der Waals surface area (Å²) in [5.41, 5.74) is 0.660. The molecule has 1 aliphatic carbocycles. The first kappa shape index (κ1) is 19.0. The molecule has 0 aromatic carbocycles. The van der Waals surface area contributed by atoms with Gasteiger partial charge < -0.3 is 0 Å². The Hall–Kier alpha value is -3.31. The van der Waals surface area contributed by atoms with Gasteiger partial charge in [0.2, 0.25) is 5.95 Å². The van der Waals surface area contributed by atoms with Gasteiger partial charge in [-0.15, -0.1) is 0 Å². The van der Waals surface area contributed by atoms with E-state index in [1.54, 1.807) is 19.2 Å². The fourth-order valence-electron chi connectivity index (χ4n) is 3.33. The lowest BCUT2D eigenvalue weighted by atomic mass is 10.1. The van der Waals surface area contributed by atoms with E-state index in [4.69, 9.17) is 11.6 Å². The summed E-state index contributed by atoms with van der Waals surface area (Å²) in [6.45, 7) is 1.30. The number of aromatic nitrogens is 4. The molecule has 3 heterocycles. The Kier molecular flexibility index (Phi) is 4.76. The Bertz CT molecular complexity index is 1290. The molecule has 0 atom stereocenters. The van der Waals surface area contributed by atoms with E-state index in [9.17, 15) is 19.2 Å². The number of rotatable bonds is 4. The molecule has 0 amide bonds. The quantitative estimate of drug-likeness (QED) is 0.615. The van der Waals surface area contributed by atoms with E-state index in [1.807, 2.05) is 6.07 Å². The highest BCUT2D eigenvalue weighted by Crippen LogP contribution is 2.40. The normalized spacial score (nSPS) is 13.3. The maximum absolute atomic E-state index is 13.5. The van der Waals surface area contributed by atoms with Gasteiger partial charge in [0.05, 0.1) is 28.5 Å². The monoisotopic (exact) mass is 411 g/mol. The van der Waals surface area contributed by atoms with Crippen LogP contribution in [0.2, 0.25) is 5.02 Å². The van der Waals surface area contributed by atoms with Gasteiger partial charge in [-0.25, -0.2) is 14.3 Å². The first-order chi connectivity index (χ1) is 13.9. The molecule has 1 saturated carbocycles. The van der Waals surface area contributed by atoms with Crippen LogP contribution in [-0.2, 0) is 6.54 Å². The molecule has 3 aromatic rings. The average molecular weight is 412 g/mol. The highest BCUT2D eigenvalue weighted by atomic mass is 35.5. The lowest BCUT2D eigenvalue weighted by molar-refractivity contribution is 0.584. The number of pyridine rings is 2. The van der Waals surface area contributed by atoms with E-state index in [0.717, 1.165) is 23.0 Å². The zero-order chi connectivity index (χ0) is 20.7. The zero-order valence-electron chi connectivity index (χ0n) is 15.4. The number of hydrogen-bond acceptors (Lipinski definition) is 5. The predicted molar refractivity (Wildman–Crippen MR) is 105 cm³/mol. The molecule has 1 fully saturated rings. The Morgan fingerprint density at radius 1 is 1.28 bits per heavy atom. The van der Waals surface area contributed by atoms with Crippen molar-refractivity contribution in [1.29, 1.82) is 5.26 Å². The molecule has 0 aliphatic heterocycles. The Balaban J connectivity index is 2.03.